The van der Waals surface area contributed by atoms with Crippen LogP contribution in [0.3, 0.4) is 0 Å². The fourth-order valence-corrected chi connectivity index (χ4v) is 4.29. The summed E-state index contributed by atoms with van der Waals surface area (Å²) >= 11 is 0. The van der Waals surface area contributed by atoms with Gasteiger partial charge in [0.15, 0.2) is 11.2 Å². The lowest BCUT2D eigenvalue weighted by atomic mass is 10.2. The van der Waals surface area contributed by atoms with Crippen LogP contribution in [0.25, 0.3) is 16.9 Å². The van der Waals surface area contributed by atoms with E-state index >= 15 is 0 Å². The van der Waals surface area contributed by atoms with Gasteiger partial charge >= 0.3 is 5.69 Å². The highest BCUT2D eigenvalue weighted by atomic mass is 19.1. The number of nitrogens with zero attached hydrogens (tertiary/aromatic N) is 4. The van der Waals surface area contributed by atoms with Crippen LogP contribution in [-0.4, -0.2) is 31.4 Å². The molecule has 3 heterocycles. The molecule has 1 atom stereocenters. The molecular weight excluding hydrogens is 411 g/mol. The maximum atomic E-state index is 14.3. The van der Waals surface area contributed by atoms with E-state index in [9.17, 15) is 14.0 Å². The van der Waals surface area contributed by atoms with Gasteiger partial charge in [-0.2, -0.15) is 0 Å². The van der Waals surface area contributed by atoms with Gasteiger partial charge in [-0.15, -0.1) is 0 Å². The van der Waals surface area contributed by atoms with E-state index in [4.69, 9.17) is 4.74 Å². The Balaban J connectivity index is 1.76. The first-order valence-corrected chi connectivity index (χ1v) is 10.7. The minimum absolute atomic E-state index is 0.129. The quantitative estimate of drug-likeness (QED) is 0.484. The molecule has 164 valence electrons. The van der Waals surface area contributed by atoms with E-state index in [0.29, 0.717) is 17.9 Å². The van der Waals surface area contributed by atoms with Gasteiger partial charge in [0.1, 0.15) is 5.82 Å². The molecule has 4 aromatic rings. The summed E-state index contributed by atoms with van der Waals surface area (Å²) in [4.78, 5) is 31.4. The molecule has 8 heteroatoms. The molecule has 2 aromatic heterocycles. The van der Waals surface area contributed by atoms with E-state index in [1.807, 2.05) is 31.2 Å². The standard InChI is InChI=1S/C24H23FN4O3/c1-16-7-2-5-11-20(16)29-22-21(23(30)28(24(29)31)14-18-9-6-12-32-18)27(15-26-22)13-17-8-3-4-10-19(17)25/h2-5,7-8,10-11,15,18H,6,9,12-14H2,1H3. The highest BCUT2D eigenvalue weighted by molar-refractivity contribution is 5.73. The lowest BCUT2D eigenvalue weighted by Gasteiger charge is -2.16. The average Bonchev–Trinajstić information content (AvgIpc) is 3.44. The zero-order valence-electron chi connectivity index (χ0n) is 17.7. The van der Waals surface area contributed by atoms with Gasteiger partial charge in [0.05, 0.1) is 31.2 Å². The minimum Gasteiger partial charge on any atom is -0.376 e. The Kier molecular flexibility index (Phi) is 5.22. The fraction of sp³-hybridized carbons (Fsp3) is 0.292. The number of hydrogen-bond donors (Lipinski definition) is 0. The zero-order valence-corrected chi connectivity index (χ0v) is 17.7. The molecule has 1 saturated heterocycles. The first-order chi connectivity index (χ1) is 15.5. The summed E-state index contributed by atoms with van der Waals surface area (Å²) in [5.74, 6) is -0.360. The molecule has 32 heavy (non-hydrogen) atoms. The number of fused-ring (bicyclic) bond motifs is 1. The van der Waals surface area contributed by atoms with Gasteiger partial charge in [0, 0.05) is 12.2 Å². The van der Waals surface area contributed by atoms with Crippen molar-refractivity contribution in [3.63, 3.8) is 0 Å². The molecule has 0 amide bonds. The third-order valence-electron chi connectivity index (χ3n) is 5.97. The molecule has 0 radical (unpaired) electrons. The predicted octanol–water partition coefficient (Wildman–Crippen LogP) is 3.02. The molecule has 1 aliphatic heterocycles. The van der Waals surface area contributed by atoms with Crippen molar-refractivity contribution in [2.75, 3.05) is 6.61 Å². The summed E-state index contributed by atoms with van der Waals surface area (Å²) in [6.45, 7) is 2.83. The lowest BCUT2D eigenvalue weighted by molar-refractivity contribution is 0.0950. The van der Waals surface area contributed by atoms with Gasteiger partial charge in [-0.3, -0.25) is 9.36 Å². The van der Waals surface area contributed by atoms with Crippen LogP contribution in [0.5, 0.6) is 0 Å². The molecule has 5 rings (SSSR count). The first-order valence-electron chi connectivity index (χ1n) is 10.7. The summed E-state index contributed by atoms with van der Waals surface area (Å²) in [7, 11) is 0. The third kappa shape index (κ3) is 3.46. The topological polar surface area (TPSA) is 71.1 Å². The fourth-order valence-electron chi connectivity index (χ4n) is 4.29. The molecule has 1 unspecified atom stereocenters. The minimum atomic E-state index is -0.455. The van der Waals surface area contributed by atoms with Crippen LogP contribution >= 0.6 is 0 Å². The summed E-state index contributed by atoms with van der Waals surface area (Å²) in [5, 5.41) is 0. The Morgan fingerprint density at radius 3 is 2.66 bits per heavy atom. The smallest absolute Gasteiger partial charge is 0.337 e. The summed E-state index contributed by atoms with van der Waals surface area (Å²) in [6, 6.07) is 13.9. The highest BCUT2D eigenvalue weighted by Gasteiger charge is 2.24. The number of halogens is 1. The van der Waals surface area contributed by atoms with Crippen LogP contribution in [0.4, 0.5) is 4.39 Å². The second-order valence-corrected chi connectivity index (χ2v) is 8.09. The maximum Gasteiger partial charge on any atom is 0.337 e. The van der Waals surface area contributed by atoms with Gasteiger partial charge < -0.3 is 9.30 Å². The van der Waals surface area contributed by atoms with E-state index in [-0.39, 0.29) is 36.2 Å². The van der Waals surface area contributed by atoms with E-state index in [1.165, 1.54) is 21.5 Å². The molecule has 7 nitrogen and oxygen atoms in total. The number of benzene rings is 2. The van der Waals surface area contributed by atoms with Gasteiger partial charge in [-0.05, 0) is 37.5 Å². The molecule has 0 spiro atoms. The number of rotatable bonds is 5. The lowest BCUT2D eigenvalue weighted by Crippen LogP contribution is -2.42. The molecule has 0 aliphatic carbocycles. The van der Waals surface area contributed by atoms with Crippen molar-refractivity contribution in [2.45, 2.75) is 39.0 Å². The third-order valence-corrected chi connectivity index (χ3v) is 5.97. The number of imidazole rings is 1. The van der Waals surface area contributed by atoms with Gasteiger partial charge in [-0.25, -0.2) is 18.7 Å². The second-order valence-electron chi connectivity index (χ2n) is 8.09. The van der Waals surface area contributed by atoms with Gasteiger partial charge in [0.2, 0.25) is 0 Å². The first kappa shape index (κ1) is 20.4. The second kappa shape index (κ2) is 8.20. The maximum absolute atomic E-state index is 14.3. The van der Waals surface area contributed by atoms with Crippen LogP contribution in [0, 0.1) is 12.7 Å². The Morgan fingerprint density at radius 1 is 1.12 bits per heavy atom. The monoisotopic (exact) mass is 434 g/mol. The van der Waals surface area contributed by atoms with Crippen LogP contribution < -0.4 is 11.2 Å². The van der Waals surface area contributed by atoms with Crippen molar-refractivity contribution in [1.82, 2.24) is 18.7 Å². The Hall–Kier alpha value is -3.52. The van der Waals surface area contributed by atoms with E-state index in [0.717, 1.165) is 18.4 Å². The molecule has 2 aromatic carbocycles. The zero-order chi connectivity index (χ0) is 22.2. The van der Waals surface area contributed by atoms with Crippen LogP contribution in [0.1, 0.15) is 24.0 Å². The van der Waals surface area contributed by atoms with Crippen LogP contribution in [0.15, 0.2) is 64.4 Å². The summed E-state index contributed by atoms with van der Waals surface area (Å²) in [6.07, 6.45) is 3.00. The molecule has 1 aliphatic rings. The number of aryl methyl sites for hydroxylation is 1. The Morgan fingerprint density at radius 2 is 1.91 bits per heavy atom. The van der Waals surface area contributed by atoms with Crippen molar-refractivity contribution in [2.24, 2.45) is 0 Å². The Bertz CT molecular complexity index is 1410. The van der Waals surface area contributed by atoms with Gasteiger partial charge in [0.25, 0.3) is 5.56 Å². The average molecular weight is 434 g/mol. The summed E-state index contributed by atoms with van der Waals surface area (Å²) < 4.78 is 24.3. The molecule has 0 bridgehead atoms. The highest BCUT2D eigenvalue weighted by Crippen LogP contribution is 2.19. The van der Waals surface area contributed by atoms with Crippen molar-refractivity contribution in [1.29, 1.82) is 0 Å². The van der Waals surface area contributed by atoms with E-state index in [2.05, 4.69) is 4.98 Å². The van der Waals surface area contributed by atoms with E-state index in [1.54, 1.807) is 22.8 Å². The van der Waals surface area contributed by atoms with Crippen molar-refractivity contribution >= 4 is 11.2 Å². The van der Waals surface area contributed by atoms with Crippen molar-refractivity contribution in [3.05, 3.63) is 92.6 Å². The number of ether oxygens (including phenoxy) is 1. The normalized spacial score (nSPS) is 16.1. The van der Waals surface area contributed by atoms with Gasteiger partial charge in [-0.1, -0.05) is 36.4 Å². The number of aromatic nitrogens is 4. The van der Waals surface area contributed by atoms with Crippen molar-refractivity contribution in [3.8, 4) is 5.69 Å². The predicted molar refractivity (Wildman–Crippen MR) is 119 cm³/mol. The largest absolute Gasteiger partial charge is 0.376 e. The van der Waals surface area contributed by atoms with Crippen LogP contribution in [0.2, 0.25) is 0 Å². The number of hydrogen-bond acceptors (Lipinski definition) is 4. The van der Waals surface area contributed by atoms with Crippen molar-refractivity contribution < 1.29 is 9.13 Å². The molecule has 0 N–H and O–H groups in total. The summed E-state index contributed by atoms with van der Waals surface area (Å²) in [5.41, 5.74) is 1.58. The van der Waals surface area contributed by atoms with Crippen LogP contribution in [-0.2, 0) is 17.8 Å². The molecule has 1 fully saturated rings. The number of para-hydroxylation sites is 1. The molecule has 0 saturated carbocycles. The van der Waals surface area contributed by atoms with E-state index < -0.39 is 11.2 Å². The Labute approximate surface area is 183 Å². The SMILES string of the molecule is Cc1ccccc1-n1c(=O)n(CC2CCCO2)c(=O)c2c1ncn2Cc1ccccc1F. The molecular formula is C24H23FN4O3.